The van der Waals surface area contributed by atoms with Gasteiger partial charge in [-0.1, -0.05) is 0 Å². The maximum absolute atomic E-state index is 12.8. The molecule has 2 aliphatic rings. The second kappa shape index (κ2) is 8.63. The molecule has 0 aliphatic carbocycles. The van der Waals surface area contributed by atoms with E-state index in [9.17, 15) is 18.3 Å². The highest BCUT2D eigenvalue weighted by atomic mass is 32.2. The largest absolute Gasteiger partial charge is 0.506 e. The number of aromatic hydroxyl groups is 1. The number of sulfonamides is 1. The van der Waals surface area contributed by atoms with Crippen LogP contribution in [0.25, 0.3) is 0 Å². The van der Waals surface area contributed by atoms with E-state index in [4.69, 9.17) is 4.74 Å². The standard InChI is InChI=1S/C21H25N3O5S/c25-20-8-7-18(30(27,28)24-9-1-2-10-24)15-19(20)22-21(26)16-3-5-17(6-4-16)23-11-13-29-14-12-23/h3-8,15,25H,1-2,9-14H2,(H,22,26). The van der Waals surface area contributed by atoms with E-state index >= 15 is 0 Å². The van der Waals surface area contributed by atoms with Crippen molar-refractivity contribution in [2.45, 2.75) is 17.7 Å². The number of carbonyl (C=O) groups is 1. The molecule has 0 aromatic heterocycles. The second-order valence-electron chi connectivity index (χ2n) is 7.39. The summed E-state index contributed by atoms with van der Waals surface area (Å²) in [7, 11) is -3.64. The van der Waals surface area contributed by atoms with Gasteiger partial charge in [-0.3, -0.25) is 4.79 Å². The average Bonchev–Trinajstić information content (AvgIpc) is 3.32. The van der Waals surface area contributed by atoms with Gasteiger partial charge in [-0.2, -0.15) is 4.31 Å². The van der Waals surface area contributed by atoms with Crippen molar-refractivity contribution in [3.63, 3.8) is 0 Å². The molecule has 2 aliphatic heterocycles. The molecule has 4 rings (SSSR count). The average molecular weight is 432 g/mol. The highest BCUT2D eigenvalue weighted by Crippen LogP contribution is 2.30. The Balaban J connectivity index is 1.50. The fraction of sp³-hybridized carbons (Fsp3) is 0.381. The first-order valence-electron chi connectivity index (χ1n) is 10.0. The Morgan fingerprint density at radius 2 is 1.63 bits per heavy atom. The van der Waals surface area contributed by atoms with Crippen LogP contribution in [0.2, 0.25) is 0 Å². The van der Waals surface area contributed by atoms with Crippen molar-refractivity contribution >= 4 is 27.3 Å². The van der Waals surface area contributed by atoms with Crippen LogP contribution in [0.3, 0.4) is 0 Å². The number of benzene rings is 2. The summed E-state index contributed by atoms with van der Waals surface area (Å²) in [6, 6.07) is 11.1. The number of phenols is 1. The van der Waals surface area contributed by atoms with Gasteiger partial charge in [0.1, 0.15) is 5.75 Å². The lowest BCUT2D eigenvalue weighted by Gasteiger charge is -2.28. The van der Waals surface area contributed by atoms with E-state index in [0.29, 0.717) is 31.9 Å². The molecular formula is C21H25N3O5S. The third kappa shape index (κ3) is 4.28. The zero-order valence-electron chi connectivity index (χ0n) is 16.6. The maximum Gasteiger partial charge on any atom is 0.255 e. The van der Waals surface area contributed by atoms with Crippen LogP contribution in [-0.4, -0.2) is 63.1 Å². The number of rotatable bonds is 5. The van der Waals surface area contributed by atoms with E-state index in [-0.39, 0.29) is 16.3 Å². The molecule has 0 radical (unpaired) electrons. The molecule has 2 saturated heterocycles. The summed E-state index contributed by atoms with van der Waals surface area (Å²) in [4.78, 5) is 14.9. The first-order chi connectivity index (χ1) is 14.4. The van der Waals surface area contributed by atoms with E-state index < -0.39 is 15.9 Å². The number of hydrogen-bond acceptors (Lipinski definition) is 6. The summed E-state index contributed by atoms with van der Waals surface area (Å²) >= 11 is 0. The van der Waals surface area contributed by atoms with Crippen molar-refractivity contribution in [1.82, 2.24) is 4.31 Å². The Hall–Kier alpha value is -2.62. The SMILES string of the molecule is O=C(Nc1cc(S(=O)(=O)N2CCCC2)ccc1O)c1ccc(N2CCOCC2)cc1. The Kier molecular flexibility index (Phi) is 5.94. The minimum Gasteiger partial charge on any atom is -0.506 e. The van der Waals surface area contributed by atoms with Crippen LogP contribution >= 0.6 is 0 Å². The molecule has 30 heavy (non-hydrogen) atoms. The Labute approximate surface area is 176 Å². The molecule has 0 unspecified atom stereocenters. The van der Waals surface area contributed by atoms with Crippen LogP contribution in [0.15, 0.2) is 47.4 Å². The van der Waals surface area contributed by atoms with Gasteiger partial charge in [0, 0.05) is 37.4 Å². The number of ether oxygens (including phenoxy) is 1. The number of amides is 1. The van der Waals surface area contributed by atoms with Crippen LogP contribution in [0, 0.1) is 0 Å². The van der Waals surface area contributed by atoms with Gasteiger partial charge in [0.2, 0.25) is 10.0 Å². The lowest BCUT2D eigenvalue weighted by atomic mass is 10.1. The van der Waals surface area contributed by atoms with Crippen LogP contribution in [0.5, 0.6) is 5.75 Å². The summed E-state index contributed by atoms with van der Waals surface area (Å²) < 4.78 is 32.3. The molecule has 2 aromatic carbocycles. The second-order valence-corrected chi connectivity index (χ2v) is 9.33. The van der Waals surface area contributed by atoms with Gasteiger partial charge in [0.05, 0.1) is 23.8 Å². The number of hydrogen-bond donors (Lipinski definition) is 2. The van der Waals surface area contributed by atoms with Crippen molar-refractivity contribution < 1.29 is 23.1 Å². The zero-order valence-corrected chi connectivity index (χ0v) is 17.4. The van der Waals surface area contributed by atoms with Crippen LogP contribution in [0.4, 0.5) is 11.4 Å². The normalized spacial score (nSPS) is 17.8. The van der Waals surface area contributed by atoms with Crippen molar-refractivity contribution in [2.75, 3.05) is 49.6 Å². The van der Waals surface area contributed by atoms with Gasteiger partial charge in [0.15, 0.2) is 0 Å². The maximum atomic E-state index is 12.8. The highest BCUT2D eigenvalue weighted by molar-refractivity contribution is 7.89. The van der Waals surface area contributed by atoms with Gasteiger partial charge < -0.3 is 20.1 Å². The molecule has 0 saturated carbocycles. The molecular weight excluding hydrogens is 406 g/mol. The fourth-order valence-corrected chi connectivity index (χ4v) is 5.24. The fourth-order valence-electron chi connectivity index (χ4n) is 3.69. The minimum absolute atomic E-state index is 0.0557. The summed E-state index contributed by atoms with van der Waals surface area (Å²) in [5.41, 5.74) is 1.49. The molecule has 2 heterocycles. The van der Waals surface area contributed by atoms with Crippen molar-refractivity contribution in [3.8, 4) is 5.75 Å². The van der Waals surface area contributed by atoms with Crippen molar-refractivity contribution in [3.05, 3.63) is 48.0 Å². The smallest absolute Gasteiger partial charge is 0.255 e. The molecule has 0 atom stereocenters. The number of carbonyl (C=O) groups excluding carboxylic acids is 1. The van der Waals surface area contributed by atoms with Crippen molar-refractivity contribution in [2.24, 2.45) is 0 Å². The molecule has 160 valence electrons. The van der Waals surface area contributed by atoms with Gasteiger partial charge in [-0.05, 0) is 55.3 Å². The minimum atomic E-state index is -3.64. The first-order valence-corrected chi connectivity index (χ1v) is 11.5. The van der Waals surface area contributed by atoms with Crippen molar-refractivity contribution in [1.29, 1.82) is 0 Å². The Morgan fingerprint density at radius 3 is 2.30 bits per heavy atom. The topological polar surface area (TPSA) is 99.2 Å². The number of morpholine rings is 1. The van der Waals surface area contributed by atoms with E-state index in [1.165, 1.54) is 22.5 Å². The summed E-state index contributed by atoms with van der Waals surface area (Å²) in [6.07, 6.45) is 1.67. The number of nitrogens with zero attached hydrogens (tertiary/aromatic N) is 2. The predicted molar refractivity (Wildman–Crippen MR) is 114 cm³/mol. The van der Waals surface area contributed by atoms with E-state index in [1.54, 1.807) is 12.1 Å². The quantitative estimate of drug-likeness (QED) is 0.705. The summed E-state index contributed by atoms with van der Waals surface area (Å²) in [5.74, 6) is -0.608. The third-order valence-electron chi connectivity index (χ3n) is 5.42. The molecule has 2 N–H and O–H groups in total. The van der Waals surface area contributed by atoms with E-state index in [0.717, 1.165) is 31.6 Å². The molecule has 0 bridgehead atoms. The molecule has 2 fully saturated rings. The predicted octanol–water partition coefficient (Wildman–Crippen LogP) is 2.27. The molecule has 0 spiro atoms. The monoisotopic (exact) mass is 431 g/mol. The summed E-state index contributed by atoms with van der Waals surface area (Å²) in [6.45, 7) is 3.94. The van der Waals surface area contributed by atoms with Gasteiger partial charge in [0.25, 0.3) is 5.91 Å². The molecule has 9 heteroatoms. The zero-order chi connectivity index (χ0) is 21.1. The van der Waals surface area contributed by atoms with Gasteiger partial charge >= 0.3 is 0 Å². The van der Waals surface area contributed by atoms with E-state index in [2.05, 4.69) is 10.2 Å². The number of phenolic OH excluding ortho intramolecular Hbond substituents is 1. The highest BCUT2D eigenvalue weighted by Gasteiger charge is 2.28. The summed E-state index contributed by atoms with van der Waals surface area (Å²) in [5, 5.41) is 12.8. The van der Waals surface area contributed by atoms with Crippen LogP contribution in [0.1, 0.15) is 23.2 Å². The molecule has 2 aromatic rings. The Bertz CT molecular complexity index is 1010. The van der Waals surface area contributed by atoms with Crippen LogP contribution < -0.4 is 10.2 Å². The Morgan fingerprint density at radius 1 is 0.967 bits per heavy atom. The number of nitrogens with one attached hydrogen (secondary N) is 1. The van der Waals surface area contributed by atoms with Gasteiger partial charge in [-0.15, -0.1) is 0 Å². The molecule has 1 amide bonds. The van der Waals surface area contributed by atoms with E-state index in [1.807, 2.05) is 12.1 Å². The van der Waals surface area contributed by atoms with Gasteiger partial charge in [-0.25, -0.2) is 8.42 Å². The lowest BCUT2D eigenvalue weighted by molar-refractivity contribution is 0.102. The third-order valence-corrected chi connectivity index (χ3v) is 7.32. The first kappa shape index (κ1) is 20.6. The van der Waals surface area contributed by atoms with Crippen LogP contribution in [-0.2, 0) is 14.8 Å². The number of anilines is 2. The lowest BCUT2D eigenvalue weighted by Crippen LogP contribution is -2.36. The molecule has 8 nitrogen and oxygen atoms in total.